The molecule has 2 aromatic heterocycles. The van der Waals surface area contributed by atoms with Crippen molar-refractivity contribution in [2.75, 3.05) is 5.32 Å². The minimum absolute atomic E-state index is 0.0214. The van der Waals surface area contributed by atoms with Crippen LogP contribution < -0.4 is 5.32 Å². The lowest BCUT2D eigenvalue weighted by molar-refractivity contribution is -0.383. The number of hydrogen-bond donors (Lipinski definition) is 1. The van der Waals surface area contributed by atoms with Crippen molar-refractivity contribution < 1.29 is 9.34 Å². The van der Waals surface area contributed by atoms with E-state index in [0.29, 0.717) is 17.0 Å². The van der Waals surface area contributed by atoms with Gasteiger partial charge in [0.25, 0.3) is 5.69 Å². The molecule has 0 amide bonds. The zero-order chi connectivity index (χ0) is 17.9. The Bertz CT molecular complexity index is 1040. The Balaban J connectivity index is 1.68. The van der Waals surface area contributed by atoms with Crippen molar-refractivity contribution in [2.24, 2.45) is 0 Å². The number of hydrogen-bond acceptors (Lipinski definition) is 5. The van der Waals surface area contributed by atoms with Crippen LogP contribution in [0.5, 0.6) is 0 Å². The summed E-state index contributed by atoms with van der Waals surface area (Å²) in [5.74, 6) is 0.585. The number of benzene rings is 2. The van der Waals surface area contributed by atoms with E-state index in [-0.39, 0.29) is 5.69 Å². The summed E-state index contributed by atoms with van der Waals surface area (Å²) in [5, 5.41) is 14.6. The Labute approximate surface area is 148 Å². The molecule has 0 spiro atoms. The van der Waals surface area contributed by atoms with Crippen molar-refractivity contribution in [1.29, 1.82) is 0 Å². The summed E-state index contributed by atoms with van der Waals surface area (Å²) in [4.78, 5) is 15.1. The molecule has 128 valence electrons. The van der Waals surface area contributed by atoms with Gasteiger partial charge in [0.15, 0.2) is 0 Å². The maximum absolute atomic E-state index is 11.5. The van der Waals surface area contributed by atoms with Gasteiger partial charge < -0.3 is 14.3 Å². The van der Waals surface area contributed by atoms with E-state index in [1.165, 1.54) is 12.3 Å². The molecule has 0 bridgehead atoms. The summed E-state index contributed by atoms with van der Waals surface area (Å²) < 4.78 is 7.18. The van der Waals surface area contributed by atoms with Crippen LogP contribution in [-0.2, 0) is 0 Å². The third kappa shape index (κ3) is 3.05. The maximum atomic E-state index is 11.5. The van der Waals surface area contributed by atoms with Gasteiger partial charge in [-0.1, -0.05) is 6.07 Å². The van der Waals surface area contributed by atoms with Crippen LogP contribution in [-0.4, -0.2) is 14.5 Å². The number of nitrogens with one attached hydrogen (secondary N) is 1. The molecule has 0 aliphatic carbocycles. The number of furan rings is 1. The van der Waals surface area contributed by atoms with E-state index in [9.17, 15) is 10.1 Å². The van der Waals surface area contributed by atoms with Crippen LogP contribution in [0.15, 0.2) is 84.0 Å². The molecule has 0 atom stereocenters. The largest absolute Gasteiger partial charge is 0.464 e. The number of rotatable bonds is 5. The zero-order valence-electron chi connectivity index (χ0n) is 13.6. The van der Waals surface area contributed by atoms with Crippen molar-refractivity contribution in [3.63, 3.8) is 0 Å². The normalized spacial score (nSPS) is 10.6. The van der Waals surface area contributed by atoms with Crippen molar-refractivity contribution in [3.05, 3.63) is 89.7 Å². The van der Waals surface area contributed by atoms with Crippen molar-refractivity contribution in [1.82, 2.24) is 9.55 Å². The van der Waals surface area contributed by atoms with E-state index in [1.807, 2.05) is 35.0 Å². The lowest BCUT2D eigenvalue weighted by Gasteiger charge is -2.10. The quantitative estimate of drug-likeness (QED) is 0.415. The van der Waals surface area contributed by atoms with Crippen LogP contribution in [0.4, 0.5) is 17.1 Å². The zero-order valence-corrected chi connectivity index (χ0v) is 13.6. The molecule has 2 aromatic carbocycles. The fraction of sp³-hybridized carbons (Fsp3) is 0. The number of imidazole rings is 1. The average molecular weight is 346 g/mol. The molecule has 4 aromatic rings. The lowest BCUT2D eigenvalue weighted by atomic mass is 10.1. The molecule has 0 saturated carbocycles. The summed E-state index contributed by atoms with van der Waals surface area (Å²) in [5.41, 5.74) is 2.69. The van der Waals surface area contributed by atoms with E-state index in [1.54, 1.807) is 36.8 Å². The van der Waals surface area contributed by atoms with Gasteiger partial charge in [-0.3, -0.25) is 10.1 Å². The molecule has 0 aliphatic heterocycles. The fourth-order valence-electron chi connectivity index (χ4n) is 2.70. The highest BCUT2D eigenvalue weighted by atomic mass is 16.6. The predicted octanol–water partition coefficient (Wildman–Crippen LogP) is 4.78. The Morgan fingerprint density at radius 2 is 2.04 bits per heavy atom. The first-order valence-electron chi connectivity index (χ1n) is 7.88. The Hall–Kier alpha value is -3.87. The molecular formula is C19H14N4O3. The van der Waals surface area contributed by atoms with Gasteiger partial charge in [0.2, 0.25) is 0 Å². The second kappa shape index (κ2) is 6.56. The van der Waals surface area contributed by atoms with Crippen LogP contribution in [0.1, 0.15) is 0 Å². The SMILES string of the molecule is O=[N+]([O-])c1cc(-c2ccco2)ccc1Nc1cccc(-n2ccnc2)c1. The average Bonchev–Trinajstić information content (AvgIpc) is 3.36. The summed E-state index contributed by atoms with van der Waals surface area (Å²) in [6.07, 6.45) is 6.76. The van der Waals surface area contributed by atoms with E-state index in [2.05, 4.69) is 10.3 Å². The molecule has 1 N–H and O–H groups in total. The molecule has 0 aliphatic rings. The fourth-order valence-corrected chi connectivity index (χ4v) is 2.70. The Kier molecular flexibility index (Phi) is 3.95. The van der Waals surface area contributed by atoms with Gasteiger partial charge in [0, 0.05) is 35.4 Å². The summed E-state index contributed by atoms with van der Waals surface area (Å²) in [6, 6.07) is 16.0. The lowest BCUT2D eigenvalue weighted by Crippen LogP contribution is -1.98. The van der Waals surface area contributed by atoms with Crippen LogP contribution in [0.3, 0.4) is 0 Å². The summed E-state index contributed by atoms with van der Waals surface area (Å²) in [6.45, 7) is 0. The van der Waals surface area contributed by atoms with Gasteiger partial charge in [-0.05, 0) is 42.5 Å². The molecule has 0 saturated heterocycles. The van der Waals surface area contributed by atoms with E-state index in [0.717, 1.165) is 11.4 Å². The molecular weight excluding hydrogens is 332 g/mol. The third-order valence-corrected chi connectivity index (χ3v) is 3.93. The molecule has 0 unspecified atom stereocenters. The Morgan fingerprint density at radius 1 is 1.12 bits per heavy atom. The number of nitro benzene ring substituents is 1. The van der Waals surface area contributed by atoms with Crippen molar-refractivity contribution in [3.8, 4) is 17.0 Å². The van der Waals surface area contributed by atoms with Crippen LogP contribution >= 0.6 is 0 Å². The Morgan fingerprint density at radius 3 is 2.77 bits per heavy atom. The van der Waals surface area contributed by atoms with Crippen LogP contribution in [0.25, 0.3) is 17.0 Å². The minimum atomic E-state index is -0.408. The third-order valence-electron chi connectivity index (χ3n) is 3.93. The first-order chi connectivity index (χ1) is 12.7. The van der Waals surface area contributed by atoms with E-state index < -0.39 is 4.92 Å². The van der Waals surface area contributed by atoms with Gasteiger partial charge in [-0.15, -0.1) is 0 Å². The van der Waals surface area contributed by atoms with E-state index >= 15 is 0 Å². The molecule has 7 heteroatoms. The number of anilines is 2. The van der Waals surface area contributed by atoms with Gasteiger partial charge in [-0.2, -0.15) is 0 Å². The number of nitrogens with zero attached hydrogens (tertiary/aromatic N) is 3. The van der Waals surface area contributed by atoms with Crippen molar-refractivity contribution in [2.45, 2.75) is 0 Å². The van der Waals surface area contributed by atoms with Crippen LogP contribution in [0, 0.1) is 10.1 Å². The number of aromatic nitrogens is 2. The smallest absolute Gasteiger partial charge is 0.293 e. The highest BCUT2D eigenvalue weighted by molar-refractivity contribution is 5.75. The topological polar surface area (TPSA) is 86.1 Å². The summed E-state index contributed by atoms with van der Waals surface area (Å²) >= 11 is 0. The molecule has 26 heavy (non-hydrogen) atoms. The molecule has 7 nitrogen and oxygen atoms in total. The first kappa shape index (κ1) is 15.6. The highest BCUT2D eigenvalue weighted by Crippen LogP contribution is 2.33. The molecule has 4 rings (SSSR count). The van der Waals surface area contributed by atoms with Gasteiger partial charge >= 0.3 is 0 Å². The second-order valence-electron chi connectivity index (χ2n) is 5.61. The summed E-state index contributed by atoms with van der Waals surface area (Å²) in [7, 11) is 0. The minimum Gasteiger partial charge on any atom is -0.464 e. The second-order valence-corrected chi connectivity index (χ2v) is 5.61. The molecule has 2 heterocycles. The molecule has 0 radical (unpaired) electrons. The van der Waals surface area contributed by atoms with Gasteiger partial charge in [-0.25, -0.2) is 4.98 Å². The highest BCUT2D eigenvalue weighted by Gasteiger charge is 2.16. The van der Waals surface area contributed by atoms with Gasteiger partial charge in [0.05, 0.1) is 17.5 Å². The first-order valence-corrected chi connectivity index (χ1v) is 7.88. The van der Waals surface area contributed by atoms with Gasteiger partial charge in [0.1, 0.15) is 11.4 Å². The van der Waals surface area contributed by atoms with E-state index in [4.69, 9.17) is 4.42 Å². The molecule has 0 fully saturated rings. The van der Waals surface area contributed by atoms with Crippen molar-refractivity contribution >= 4 is 17.1 Å². The standard InChI is InChI=1S/C19H14N4O3/c24-23(25)18-11-14(19-5-2-10-26-19)6-7-17(18)21-15-3-1-4-16(12-15)22-9-8-20-13-22/h1-13,21H. The maximum Gasteiger partial charge on any atom is 0.293 e. The number of nitro groups is 1. The van der Waals surface area contributed by atoms with Crippen LogP contribution in [0.2, 0.25) is 0 Å². The predicted molar refractivity (Wildman–Crippen MR) is 97.6 cm³/mol. The monoisotopic (exact) mass is 346 g/mol.